The van der Waals surface area contributed by atoms with Gasteiger partial charge in [0.15, 0.2) is 0 Å². The lowest BCUT2D eigenvalue weighted by Crippen LogP contribution is -2.46. The van der Waals surface area contributed by atoms with Gasteiger partial charge in [-0.2, -0.15) is 5.26 Å². The van der Waals surface area contributed by atoms with E-state index < -0.39 is 29.8 Å². The minimum absolute atomic E-state index is 0.0865. The molecule has 1 amide bonds. The van der Waals surface area contributed by atoms with Crippen molar-refractivity contribution < 1.29 is 13.6 Å². The number of carbonyl (C=O) groups is 1. The monoisotopic (exact) mass is 231 g/mol. The van der Waals surface area contributed by atoms with Gasteiger partial charge in [-0.1, -0.05) is 0 Å². The Kier molecular flexibility index (Phi) is 3.48. The molecule has 3 N–H and O–H groups in total. The predicted molar refractivity (Wildman–Crippen MR) is 53.6 cm³/mol. The molecule has 0 unspecified atom stereocenters. The summed E-state index contributed by atoms with van der Waals surface area (Å²) in [7, 11) is 0. The maximum Gasteiger partial charge on any atom is 0.245 e. The molecule has 1 aliphatic carbocycles. The summed E-state index contributed by atoms with van der Waals surface area (Å²) in [5, 5.41) is 11.2. The Hall–Kier alpha value is -1.22. The van der Waals surface area contributed by atoms with E-state index in [1.807, 2.05) is 6.07 Å². The quantitative estimate of drug-likeness (QED) is 0.738. The maximum atomic E-state index is 12.5. The molecule has 1 saturated carbocycles. The van der Waals surface area contributed by atoms with E-state index in [2.05, 4.69) is 5.32 Å². The number of amides is 1. The van der Waals surface area contributed by atoms with Crippen molar-refractivity contribution in [3.8, 4) is 6.07 Å². The third kappa shape index (κ3) is 3.74. The molecule has 0 bridgehead atoms. The summed E-state index contributed by atoms with van der Waals surface area (Å²) in [5.41, 5.74) is 4.67. The molecule has 0 spiro atoms. The maximum absolute atomic E-state index is 12.5. The summed E-state index contributed by atoms with van der Waals surface area (Å²) < 4.78 is 25.0. The van der Waals surface area contributed by atoms with Crippen LogP contribution in [0.15, 0.2) is 0 Å². The van der Waals surface area contributed by atoms with E-state index in [9.17, 15) is 13.6 Å². The second-order valence-corrected chi connectivity index (χ2v) is 4.40. The van der Waals surface area contributed by atoms with E-state index >= 15 is 0 Å². The number of nitrogens with two attached hydrogens (primary N) is 1. The van der Waals surface area contributed by atoms with E-state index in [4.69, 9.17) is 11.0 Å². The van der Waals surface area contributed by atoms with Crippen molar-refractivity contribution in [2.75, 3.05) is 0 Å². The highest BCUT2D eigenvalue weighted by Crippen LogP contribution is 2.34. The van der Waals surface area contributed by atoms with Gasteiger partial charge in [-0.05, 0) is 26.2 Å². The first-order valence-corrected chi connectivity index (χ1v) is 5.15. The lowest BCUT2D eigenvalue weighted by atomic mass is 10.1. The molecule has 6 heteroatoms. The van der Waals surface area contributed by atoms with Crippen LogP contribution in [0.1, 0.15) is 32.6 Å². The van der Waals surface area contributed by atoms with Crippen molar-refractivity contribution in [3.63, 3.8) is 0 Å². The van der Waals surface area contributed by atoms with Crippen LogP contribution in [0.5, 0.6) is 0 Å². The van der Waals surface area contributed by atoms with Crippen molar-refractivity contribution in [3.05, 3.63) is 0 Å². The number of nitrogens with zero attached hydrogens (tertiary/aromatic N) is 1. The van der Waals surface area contributed by atoms with E-state index in [0.717, 1.165) is 6.92 Å². The van der Waals surface area contributed by atoms with Crippen LogP contribution in [-0.2, 0) is 4.79 Å². The Morgan fingerprint density at radius 2 is 2.25 bits per heavy atom. The van der Waals surface area contributed by atoms with Crippen LogP contribution in [0.4, 0.5) is 8.78 Å². The number of halogens is 2. The van der Waals surface area contributed by atoms with E-state index in [-0.39, 0.29) is 6.42 Å². The fourth-order valence-corrected chi connectivity index (χ4v) is 1.26. The summed E-state index contributed by atoms with van der Waals surface area (Å²) in [6.45, 7) is 0.787. The number of alkyl halides is 2. The molecule has 4 nitrogen and oxygen atoms in total. The Morgan fingerprint density at radius 3 is 2.62 bits per heavy atom. The first kappa shape index (κ1) is 12.8. The van der Waals surface area contributed by atoms with Crippen LogP contribution in [0.3, 0.4) is 0 Å². The number of nitriles is 1. The number of hydrogen-bond donors (Lipinski definition) is 2. The Balaban J connectivity index is 2.35. The van der Waals surface area contributed by atoms with Crippen molar-refractivity contribution in [1.82, 2.24) is 5.32 Å². The SMILES string of the molecule is CC(F)(F)CC[C@H](N)C(=O)NC1(C#N)CC1. The third-order valence-corrected chi connectivity index (χ3v) is 2.56. The van der Waals surface area contributed by atoms with Gasteiger partial charge in [0.05, 0.1) is 12.1 Å². The van der Waals surface area contributed by atoms with Crippen LogP contribution in [0.25, 0.3) is 0 Å². The second kappa shape index (κ2) is 4.34. The first-order chi connectivity index (χ1) is 7.28. The number of carbonyl (C=O) groups excluding carboxylic acids is 1. The zero-order chi connectivity index (χ0) is 12.4. The van der Waals surface area contributed by atoms with Gasteiger partial charge in [-0.15, -0.1) is 0 Å². The fourth-order valence-electron chi connectivity index (χ4n) is 1.26. The number of nitrogens with one attached hydrogen (secondary N) is 1. The standard InChI is InChI=1S/C10H15F2N3O/c1-9(11,12)3-2-7(14)8(16)15-10(6-13)4-5-10/h7H,2-5,14H2,1H3,(H,15,16)/t7-/m0/s1. The molecule has 0 aromatic heterocycles. The molecule has 0 radical (unpaired) electrons. The molecule has 1 fully saturated rings. The number of rotatable bonds is 5. The van der Waals surface area contributed by atoms with E-state index in [1.54, 1.807) is 0 Å². The lowest BCUT2D eigenvalue weighted by molar-refractivity contribution is -0.123. The van der Waals surface area contributed by atoms with Crippen molar-refractivity contribution in [2.45, 2.75) is 50.1 Å². The van der Waals surface area contributed by atoms with Crippen molar-refractivity contribution >= 4 is 5.91 Å². The minimum atomic E-state index is -2.82. The highest BCUT2D eigenvalue weighted by Gasteiger charge is 2.45. The summed E-state index contributed by atoms with van der Waals surface area (Å²) in [5.74, 6) is -3.34. The third-order valence-electron chi connectivity index (χ3n) is 2.56. The largest absolute Gasteiger partial charge is 0.336 e. The molecule has 0 aromatic rings. The smallest absolute Gasteiger partial charge is 0.245 e. The second-order valence-electron chi connectivity index (χ2n) is 4.40. The average Bonchev–Trinajstić information content (AvgIpc) is 2.93. The molecule has 0 saturated heterocycles. The predicted octanol–water partition coefficient (Wildman–Crippen LogP) is 0.921. The van der Waals surface area contributed by atoms with Crippen molar-refractivity contribution in [2.24, 2.45) is 5.73 Å². The summed E-state index contributed by atoms with van der Waals surface area (Å²) >= 11 is 0. The summed E-state index contributed by atoms with van der Waals surface area (Å²) in [4.78, 5) is 11.4. The van der Waals surface area contributed by atoms with Gasteiger partial charge in [-0.3, -0.25) is 4.79 Å². The zero-order valence-corrected chi connectivity index (χ0v) is 9.09. The van der Waals surface area contributed by atoms with Gasteiger partial charge < -0.3 is 11.1 Å². The molecule has 90 valence electrons. The van der Waals surface area contributed by atoms with Crippen LogP contribution < -0.4 is 11.1 Å². The zero-order valence-electron chi connectivity index (χ0n) is 9.09. The molecule has 0 aliphatic heterocycles. The van der Waals surface area contributed by atoms with E-state index in [0.29, 0.717) is 12.8 Å². The normalized spacial score (nSPS) is 19.7. The molecule has 16 heavy (non-hydrogen) atoms. The lowest BCUT2D eigenvalue weighted by Gasteiger charge is -2.16. The minimum Gasteiger partial charge on any atom is -0.336 e. The Labute approximate surface area is 92.8 Å². The Bertz CT molecular complexity index is 315. The van der Waals surface area contributed by atoms with Crippen LogP contribution >= 0.6 is 0 Å². The highest BCUT2D eigenvalue weighted by molar-refractivity contribution is 5.83. The molecule has 0 aromatic carbocycles. The van der Waals surface area contributed by atoms with Gasteiger partial charge >= 0.3 is 0 Å². The van der Waals surface area contributed by atoms with Gasteiger partial charge in [0.1, 0.15) is 5.54 Å². The topological polar surface area (TPSA) is 78.9 Å². The Morgan fingerprint density at radius 1 is 1.69 bits per heavy atom. The van der Waals surface area contributed by atoms with Crippen LogP contribution in [0, 0.1) is 11.3 Å². The van der Waals surface area contributed by atoms with Crippen LogP contribution in [-0.4, -0.2) is 23.4 Å². The van der Waals surface area contributed by atoms with Gasteiger partial charge in [0.25, 0.3) is 0 Å². The molecule has 1 aliphatic rings. The van der Waals surface area contributed by atoms with Gasteiger partial charge in [0.2, 0.25) is 11.8 Å². The number of hydrogen-bond acceptors (Lipinski definition) is 3. The van der Waals surface area contributed by atoms with Crippen molar-refractivity contribution in [1.29, 1.82) is 5.26 Å². The summed E-state index contributed by atoms with van der Waals surface area (Å²) in [6, 6.07) is 1.000. The van der Waals surface area contributed by atoms with E-state index in [1.165, 1.54) is 0 Å². The van der Waals surface area contributed by atoms with Gasteiger partial charge in [0, 0.05) is 6.42 Å². The molecular formula is C10H15F2N3O. The average molecular weight is 231 g/mol. The highest BCUT2D eigenvalue weighted by atomic mass is 19.3. The van der Waals surface area contributed by atoms with Crippen LogP contribution in [0.2, 0.25) is 0 Å². The molecule has 1 atom stereocenters. The fraction of sp³-hybridized carbons (Fsp3) is 0.800. The molecular weight excluding hydrogens is 216 g/mol. The molecule has 0 heterocycles. The summed E-state index contributed by atoms with van der Waals surface area (Å²) in [6.07, 6.45) is 0.690. The van der Waals surface area contributed by atoms with Gasteiger partial charge in [-0.25, -0.2) is 8.78 Å². The first-order valence-electron chi connectivity index (χ1n) is 5.15. The molecule has 1 rings (SSSR count).